The highest BCUT2D eigenvalue weighted by Crippen LogP contribution is 2.16. The third kappa shape index (κ3) is 2.90. The second-order valence-electron chi connectivity index (χ2n) is 4.38. The maximum atomic E-state index is 11.8. The quantitative estimate of drug-likeness (QED) is 0.576. The van der Waals surface area contributed by atoms with Crippen molar-refractivity contribution in [1.82, 2.24) is 5.32 Å². The number of carbonyl (C=O) groups is 1. The average molecular weight is 216 g/mol. The summed E-state index contributed by atoms with van der Waals surface area (Å²) in [4.78, 5) is 11.8. The number of nitrogens with one attached hydrogen (secondary N) is 1. The van der Waals surface area contributed by atoms with Gasteiger partial charge in [-0.1, -0.05) is 6.92 Å². The van der Waals surface area contributed by atoms with Crippen LogP contribution in [0.4, 0.5) is 0 Å². The van der Waals surface area contributed by atoms with Gasteiger partial charge in [0.1, 0.15) is 5.54 Å². The van der Waals surface area contributed by atoms with E-state index in [1.54, 1.807) is 0 Å². The van der Waals surface area contributed by atoms with Crippen molar-refractivity contribution in [2.24, 2.45) is 11.7 Å². The Morgan fingerprint density at radius 2 is 2.33 bits per heavy atom. The average Bonchev–Trinajstić information content (AvgIpc) is 2.65. The van der Waals surface area contributed by atoms with Crippen molar-refractivity contribution in [3.63, 3.8) is 0 Å². The molecule has 0 aromatic rings. The summed E-state index contributed by atoms with van der Waals surface area (Å²) in [6.45, 7) is 4.60. The smallest absolute Gasteiger partial charge is 0.242 e. The first-order valence-electron chi connectivity index (χ1n) is 5.28. The van der Waals surface area contributed by atoms with E-state index in [-0.39, 0.29) is 31.1 Å². The minimum absolute atomic E-state index is 0.0277. The molecule has 1 aliphatic heterocycles. The third-order valence-electron chi connectivity index (χ3n) is 3.00. The van der Waals surface area contributed by atoms with Gasteiger partial charge < -0.3 is 20.9 Å². The highest BCUT2D eigenvalue weighted by atomic mass is 16.5. The van der Waals surface area contributed by atoms with Crippen LogP contribution < -0.4 is 11.1 Å². The van der Waals surface area contributed by atoms with Gasteiger partial charge in [0, 0.05) is 19.3 Å². The zero-order valence-corrected chi connectivity index (χ0v) is 9.32. The zero-order chi connectivity index (χ0) is 11.5. The molecule has 3 unspecified atom stereocenters. The largest absolute Gasteiger partial charge is 0.396 e. The van der Waals surface area contributed by atoms with E-state index in [4.69, 9.17) is 15.6 Å². The van der Waals surface area contributed by atoms with Gasteiger partial charge in [0.05, 0.1) is 6.61 Å². The van der Waals surface area contributed by atoms with Crippen molar-refractivity contribution in [2.75, 3.05) is 19.8 Å². The molecule has 0 radical (unpaired) electrons. The maximum absolute atomic E-state index is 11.8. The topological polar surface area (TPSA) is 84.6 Å². The van der Waals surface area contributed by atoms with Crippen molar-refractivity contribution >= 4 is 5.91 Å². The fourth-order valence-electron chi connectivity index (χ4n) is 1.41. The van der Waals surface area contributed by atoms with E-state index in [1.807, 2.05) is 13.8 Å². The Morgan fingerprint density at radius 1 is 1.67 bits per heavy atom. The van der Waals surface area contributed by atoms with Crippen LogP contribution in [0.15, 0.2) is 0 Å². The lowest BCUT2D eigenvalue weighted by atomic mass is 9.97. The molecule has 1 fully saturated rings. The van der Waals surface area contributed by atoms with Crippen LogP contribution >= 0.6 is 0 Å². The number of rotatable bonds is 4. The second-order valence-corrected chi connectivity index (χ2v) is 4.38. The number of hydrogen-bond donors (Lipinski definition) is 3. The molecule has 1 amide bonds. The molecule has 1 saturated heterocycles. The van der Waals surface area contributed by atoms with Crippen molar-refractivity contribution in [3.05, 3.63) is 0 Å². The van der Waals surface area contributed by atoms with Gasteiger partial charge in [0.15, 0.2) is 0 Å². The SMILES string of the molecule is CC(CO)C(C)NC(=O)C1(N)CCOC1. The first kappa shape index (κ1) is 12.4. The van der Waals surface area contributed by atoms with Crippen LogP contribution in [0, 0.1) is 5.92 Å². The summed E-state index contributed by atoms with van der Waals surface area (Å²) >= 11 is 0. The van der Waals surface area contributed by atoms with Gasteiger partial charge in [0.2, 0.25) is 5.91 Å². The molecule has 1 rings (SSSR count). The highest BCUT2D eigenvalue weighted by molar-refractivity contribution is 5.86. The molecule has 15 heavy (non-hydrogen) atoms. The third-order valence-corrected chi connectivity index (χ3v) is 3.00. The van der Waals surface area contributed by atoms with Crippen molar-refractivity contribution in [3.8, 4) is 0 Å². The van der Waals surface area contributed by atoms with Gasteiger partial charge in [0.25, 0.3) is 0 Å². The summed E-state index contributed by atoms with van der Waals surface area (Å²) in [7, 11) is 0. The molecule has 5 heteroatoms. The fourth-order valence-corrected chi connectivity index (χ4v) is 1.41. The number of hydrogen-bond acceptors (Lipinski definition) is 4. The van der Waals surface area contributed by atoms with E-state index in [2.05, 4.69) is 5.32 Å². The first-order valence-corrected chi connectivity index (χ1v) is 5.28. The van der Waals surface area contributed by atoms with E-state index in [0.29, 0.717) is 13.0 Å². The molecule has 0 aliphatic carbocycles. The summed E-state index contributed by atoms with van der Waals surface area (Å²) in [5.74, 6) is -0.160. The minimum Gasteiger partial charge on any atom is -0.396 e. The molecule has 0 saturated carbocycles. The van der Waals surface area contributed by atoms with Crippen LogP contribution in [-0.2, 0) is 9.53 Å². The van der Waals surface area contributed by atoms with Gasteiger partial charge in [-0.2, -0.15) is 0 Å². The van der Waals surface area contributed by atoms with E-state index in [0.717, 1.165) is 0 Å². The molecule has 1 heterocycles. The number of nitrogens with two attached hydrogens (primary N) is 1. The Hall–Kier alpha value is -0.650. The van der Waals surface area contributed by atoms with Gasteiger partial charge in [-0.25, -0.2) is 0 Å². The van der Waals surface area contributed by atoms with Gasteiger partial charge in [-0.15, -0.1) is 0 Å². The molecule has 5 nitrogen and oxygen atoms in total. The maximum Gasteiger partial charge on any atom is 0.242 e. The molecule has 88 valence electrons. The standard InChI is InChI=1S/C10H20N2O3/c1-7(5-13)8(2)12-9(14)10(11)3-4-15-6-10/h7-8,13H,3-6,11H2,1-2H3,(H,12,14). The van der Waals surface area contributed by atoms with Crippen molar-refractivity contribution in [1.29, 1.82) is 0 Å². The van der Waals surface area contributed by atoms with Crippen LogP contribution in [0.3, 0.4) is 0 Å². The number of amides is 1. The van der Waals surface area contributed by atoms with Crippen molar-refractivity contribution in [2.45, 2.75) is 31.8 Å². The summed E-state index contributed by atoms with van der Waals surface area (Å²) in [6.07, 6.45) is 0.555. The summed E-state index contributed by atoms with van der Waals surface area (Å²) in [5.41, 5.74) is 5.01. The monoisotopic (exact) mass is 216 g/mol. The Bertz CT molecular complexity index is 227. The number of carbonyl (C=O) groups excluding carboxylic acids is 1. The summed E-state index contributed by atoms with van der Waals surface area (Å²) in [5, 5.41) is 11.7. The fraction of sp³-hybridized carbons (Fsp3) is 0.900. The highest BCUT2D eigenvalue weighted by Gasteiger charge is 2.38. The lowest BCUT2D eigenvalue weighted by molar-refractivity contribution is -0.127. The molecular formula is C10H20N2O3. The van der Waals surface area contributed by atoms with Gasteiger partial charge in [-0.05, 0) is 19.3 Å². The van der Waals surface area contributed by atoms with Crippen LogP contribution in [-0.4, -0.2) is 42.4 Å². The number of ether oxygens (including phenoxy) is 1. The minimum atomic E-state index is -0.885. The van der Waals surface area contributed by atoms with Crippen molar-refractivity contribution < 1.29 is 14.6 Å². The Morgan fingerprint density at radius 3 is 2.80 bits per heavy atom. The molecule has 0 aromatic heterocycles. The van der Waals surface area contributed by atoms with Crippen LogP contribution in [0.5, 0.6) is 0 Å². The van der Waals surface area contributed by atoms with Crippen LogP contribution in [0.1, 0.15) is 20.3 Å². The Balaban J connectivity index is 2.47. The molecule has 4 N–H and O–H groups in total. The summed E-state index contributed by atoms with van der Waals surface area (Å²) < 4.78 is 5.11. The summed E-state index contributed by atoms with van der Waals surface area (Å²) in [6, 6.07) is -0.0801. The van der Waals surface area contributed by atoms with E-state index in [9.17, 15) is 4.79 Å². The van der Waals surface area contributed by atoms with E-state index >= 15 is 0 Å². The van der Waals surface area contributed by atoms with Crippen LogP contribution in [0.2, 0.25) is 0 Å². The number of aliphatic hydroxyl groups excluding tert-OH is 1. The molecule has 0 aromatic carbocycles. The van der Waals surface area contributed by atoms with E-state index < -0.39 is 5.54 Å². The molecule has 0 spiro atoms. The molecule has 0 bridgehead atoms. The Labute approximate surface area is 90.0 Å². The molecular weight excluding hydrogens is 196 g/mol. The van der Waals surface area contributed by atoms with Gasteiger partial charge >= 0.3 is 0 Å². The number of aliphatic hydroxyl groups is 1. The zero-order valence-electron chi connectivity index (χ0n) is 9.32. The second kappa shape index (κ2) is 4.92. The van der Waals surface area contributed by atoms with E-state index in [1.165, 1.54) is 0 Å². The normalized spacial score (nSPS) is 29.9. The first-order chi connectivity index (χ1) is 6.99. The lowest BCUT2D eigenvalue weighted by Crippen LogP contribution is -2.57. The van der Waals surface area contributed by atoms with Crippen LogP contribution in [0.25, 0.3) is 0 Å². The lowest BCUT2D eigenvalue weighted by Gasteiger charge is -2.26. The predicted molar refractivity (Wildman–Crippen MR) is 56.2 cm³/mol. The van der Waals surface area contributed by atoms with Gasteiger partial charge in [-0.3, -0.25) is 4.79 Å². The Kier molecular flexibility index (Phi) is 4.07. The predicted octanol–water partition coefficient (Wildman–Crippen LogP) is -0.763. The molecule has 3 atom stereocenters. The molecule has 1 aliphatic rings.